The van der Waals surface area contributed by atoms with E-state index in [1.807, 2.05) is 6.92 Å². The highest BCUT2D eigenvalue weighted by atomic mass is 19.4. The molecule has 0 aromatic heterocycles. The number of nitrogens with zero attached hydrogens (tertiary/aromatic N) is 1. The summed E-state index contributed by atoms with van der Waals surface area (Å²) in [5.74, 6) is -0.113. The van der Waals surface area contributed by atoms with Gasteiger partial charge in [-0.15, -0.1) is 0 Å². The standard InChI is InChI=1S/C12H12F3N/c1-8-6-9(7-16-8)10-4-2-3-5-11(10)12(13,14)15/h2-5,9H,6-7H2,1H3. The molecule has 0 saturated heterocycles. The van der Waals surface area contributed by atoms with Crippen LogP contribution in [0.3, 0.4) is 0 Å². The Bertz CT molecular complexity index is 421. The van der Waals surface area contributed by atoms with Crippen LogP contribution >= 0.6 is 0 Å². The molecule has 1 heterocycles. The average Bonchev–Trinajstić information content (AvgIpc) is 2.64. The summed E-state index contributed by atoms with van der Waals surface area (Å²) >= 11 is 0. The van der Waals surface area contributed by atoms with Crippen molar-refractivity contribution in [2.24, 2.45) is 4.99 Å². The molecule has 1 aliphatic rings. The van der Waals surface area contributed by atoms with Gasteiger partial charge in [0, 0.05) is 18.2 Å². The summed E-state index contributed by atoms with van der Waals surface area (Å²) in [4.78, 5) is 4.17. The zero-order valence-electron chi connectivity index (χ0n) is 8.88. The molecule has 16 heavy (non-hydrogen) atoms. The molecule has 0 bridgehead atoms. The van der Waals surface area contributed by atoms with Gasteiger partial charge in [-0.05, 0) is 25.0 Å². The molecule has 0 spiro atoms. The molecule has 2 rings (SSSR count). The maximum Gasteiger partial charge on any atom is 0.416 e. The lowest BCUT2D eigenvalue weighted by Gasteiger charge is -2.16. The first-order valence-corrected chi connectivity index (χ1v) is 5.14. The van der Waals surface area contributed by atoms with E-state index in [1.54, 1.807) is 12.1 Å². The molecule has 1 atom stereocenters. The molecular formula is C12H12F3N. The molecule has 0 radical (unpaired) electrons. The highest BCUT2D eigenvalue weighted by molar-refractivity contribution is 5.84. The van der Waals surface area contributed by atoms with Gasteiger partial charge in [0.1, 0.15) is 0 Å². The van der Waals surface area contributed by atoms with Crippen LogP contribution in [0.5, 0.6) is 0 Å². The summed E-state index contributed by atoms with van der Waals surface area (Å²) in [5.41, 5.74) is 0.780. The van der Waals surface area contributed by atoms with Crippen LogP contribution in [0.4, 0.5) is 13.2 Å². The minimum atomic E-state index is -4.27. The summed E-state index contributed by atoms with van der Waals surface area (Å²) in [6.45, 7) is 2.33. The molecule has 0 N–H and O–H groups in total. The zero-order valence-corrected chi connectivity index (χ0v) is 8.88. The number of alkyl halides is 3. The summed E-state index contributed by atoms with van der Waals surface area (Å²) < 4.78 is 38.3. The van der Waals surface area contributed by atoms with E-state index in [9.17, 15) is 13.2 Å². The molecule has 0 saturated carbocycles. The Kier molecular flexibility index (Phi) is 2.74. The first-order chi connectivity index (χ1) is 7.48. The van der Waals surface area contributed by atoms with Gasteiger partial charge >= 0.3 is 6.18 Å². The maximum absolute atomic E-state index is 12.8. The van der Waals surface area contributed by atoms with E-state index < -0.39 is 11.7 Å². The van der Waals surface area contributed by atoms with Crippen molar-refractivity contribution in [3.63, 3.8) is 0 Å². The third-order valence-electron chi connectivity index (χ3n) is 2.83. The number of benzene rings is 1. The molecule has 0 amide bonds. The molecule has 0 fully saturated rings. The Balaban J connectivity index is 2.35. The highest BCUT2D eigenvalue weighted by Crippen LogP contribution is 2.37. The second-order valence-corrected chi connectivity index (χ2v) is 4.06. The summed E-state index contributed by atoms with van der Waals surface area (Å²) in [5, 5.41) is 0. The van der Waals surface area contributed by atoms with Gasteiger partial charge in [-0.3, -0.25) is 4.99 Å². The van der Waals surface area contributed by atoms with Gasteiger partial charge in [0.15, 0.2) is 0 Å². The molecule has 1 aromatic rings. The van der Waals surface area contributed by atoms with E-state index in [0.29, 0.717) is 18.5 Å². The summed E-state index contributed by atoms with van der Waals surface area (Å²) in [7, 11) is 0. The topological polar surface area (TPSA) is 12.4 Å². The second kappa shape index (κ2) is 3.92. The second-order valence-electron chi connectivity index (χ2n) is 4.06. The van der Waals surface area contributed by atoms with Gasteiger partial charge in [-0.2, -0.15) is 13.2 Å². The fourth-order valence-corrected chi connectivity index (χ4v) is 2.07. The molecule has 1 nitrogen and oxygen atoms in total. The van der Waals surface area contributed by atoms with Gasteiger partial charge in [0.2, 0.25) is 0 Å². The first kappa shape index (κ1) is 11.2. The first-order valence-electron chi connectivity index (χ1n) is 5.14. The fourth-order valence-electron chi connectivity index (χ4n) is 2.07. The third kappa shape index (κ3) is 2.10. The Labute approximate surface area is 92.0 Å². The fraction of sp³-hybridized carbons (Fsp3) is 0.417. The van der Waals surface area contributed by atoms with E-state index in [-0.39, 0.29) is 5.92 Å². The van der Waals surface area contributed by atoms with Crippen molar-refractivity contribution in [1.82, 2.24) is 0 Å². The van der Waals surface area contributed by atoms with Crippen molar-refractivity contribution in [2.75, 3.05) is 6.54 Å². The number of hydrogen-bond acceptors (Lipinski definition) is 1. The van der Waals surface area contributed by atoms with Crippen LogP contribution in [0.2, 0.25) is 0 Å². The summed E-state index contributed by atoms with van der Waals surface area (Å²) in [6.07, 6.45) is -3.64. The van der Waals surface area contributed by atoms with E-state index in [0.717, 1.165) is 11.8 Å². The van der Waals surface area contributed by atoms with Gasteiger partial charge in [-0.1, -0.05) is 18.2 Å². The largest absolute Gasteiger partial charge is 0.416 e. The third-order valence-corrected chi connectivity index (χ3v) is 2.83. The van der Waals surface area contributed by atoms with Crippen molar-refractivity contribution in [3.8, 4) is 0 Å². The molecular weight excluding hydrogens is 215 g/mol. The Morgan fingerprint density at radius 2 is 1.94 bits per heavy atom. The summed E-state index contributed by atoms with van der Waals surface area (Å²) in [6, 6.07) is 5.78. The maximum atomic E-state index is 12.8. The van der Waals surface area contributed by atoms with Crippen LogP contribution < -0.4 is 0 Å². The Morgan fingerprint density at radius 1 is 1.25 bits per heavy atom. The normalized spacial score (nSPS) is 21.0. The Morgan fingerprint density at radius 3 is 2.50 bits per heavy atom. The highest BCUT2D eigenvalue weighted by Gasteiger charge is 2.35. The predicted octanol–water partition coefficient (Wildman–Crippen LogP) is 3.65. The molecule has 86 valence electrons. The SMILES string of the molecule is CC1=NCC(c2ccccc2C(F)(F)F)C1. The lowest BCUT2D eigenvalue weighted by atomic mass is 9.92. The van der Waals surface area contributed by atoms with Crippen molar-refractivity contribution >= 4 is 5.71 Å². The van der Waals surface area contributed by atoms with Crippen molar-refractivity contribution in [1.29, 1.82) is 0 Å². The molecule has 1 unspecified atom stereocenters. The minimum Gasteiger partial charge on any atom is -0.294 e. The number of aliphatic imine (C=N–C) groups is 1. The molecule has 1 aromatic carbocycles. The van der Waals surface area contributed by atoms with E-state index in [1.165, 1.54) is 6.07 Å². The van der Waals surface area contributed by atoms with E-state index >= 15 is 0 Å². The number of rotatable bonds is 1. The lowest BCUT2D eigenvalue weighted by Crippen LogP contribution is -2.12. The van der Waals surface area contributed by atoms with Crippen molar-refractivity contribution < 1.29 is 13.2 Å². The van der Waals surface area contributed by atoms with Crippen LogP contribution in [0.25, 0.3) is 0 Å². The number of halogens is 3. The Hall–Kier alpha value is -1.32. The van der Waals surface area contributed by atoms with Crippen LogP contribution in [-0.2, 0) is 6.18 Å². The predicted molar refractivity (Wildman–Crippen MR) is 56.8 cm³/mol. The van der Waals surface area contributed by atoms with Gasteiger partial charge in [-0.25, -0.2) is 0 Å². The van der Waals surface area contributed by atoms with Gasteiger partial charge < -0.3 is 0 Å². The van der Waals surface area contributed by atoms with Crippen LogP contribution in [-0.4, -0.2) is 12.3 Å². The van der Waals surface area contributed by atoms with Crippen LogP contribution in [0.15, 0.2) is 29.3 Å². The molecule has 1 aliphatic heterocycles. The van der Waals surface area contributed by atoms with Crippen LogP contribution in [0, 0.1) is 0 Å². The molecule has 4 heteroatoms. The van der Waals surface area contributed by atoms with Gasteiger partial charge in [0.25, 0.3) is 0 Å². The average molecular weight is 227 g/mol. The number of hydrogen-bond donors (Lipinski definition) is 0. The zero-order chi connectivity index (χ0) is 11.8. The monoisotopic (exact) mass is 227 g/mol. The quantitative estimate of drug-likeness (QED) is 0.694. The smallest absolute Gasteiger partial charge is 0.294 e. The lowest BCUT2D eigenvalue weighted by molar-refractivity contribution is -0.138. The van der Waals surface area contributed by atoms with Crippen molar-refractivity contribution in [2.45, 2.75) is 25.4 Å². The van der Waals surface area contributed by atoms with Gasteiger partial charge in [0.05, 0.1) is 5.56 Å². The van der Waals surface area contributed by atoms with E-state index in [2.05, 4.69) is 4.99 Å². The minimum absolute atomic E-state index is 0.113. The van der Waals surface area contributed by atoms with Crippen molar-refractivity contribution in [3.05, 3.63) is 35.4 Å². The van der Waals surface area contributed by atoms with E-state index in [4.69, 9.17) is 0 Å². The molecule has 0 aliphatic carbocycles. The van der Waals surface area contributed by atoms with Crippen LogP contribution in [0.1, 0.15) is 30.4 Å².